The molecule has 2 aliphatic heterocycles. The molecule has 0 saturated carbocycles. The van der Waals surface area contributed by atoms with Gasteiger partial charge in [-0.3, -0.25) is 4.79 Å². The van der Waals surface area contributed by atoms with Crippen LogP contribution in [0.15, 0.2) is 47.4 Å². The number of carbonyl (C=O) groups excluding carboxylic acids is 1. The number of hydrogen-bond donors (Lipinski definition) is 0. The molecule has 2 aliphatic rings. The molecule has 2 aromatic rings. The first-order valence-corrected chi connectivity index (χ1v) is 10.4. The Balaban J connectivity index is 1.31. The number of likely N-dealkylation sites (tertiary alicyclic amines) is 1. The second-order valence-electron chi connectivity index (χ2n) is 7.23. The van der Waals surface area contributed by atoms with E-state index in [9.17, 15) is 4.79 Å². The van der Waals surface area contributed by atoms with Crippen LogP contribution in [0.1, 0.15) is 40.2 Å². The van der Waals surface area contributed by atoms with E-state index >= 15 is 0 Å². The number of thioether (sulfide) groups is 1. The third-order valence-corrected chi connectivity index (χ3v) is 6.36. The fourth-order valence-corrected chi connectivity index (χ4v) is 4.58. The van der Waals surface area contributed by atoms with E-state index in [0.717, 1.165) is 48.2 Å². The van der Waals surface area contributed by atoms with Gasteiger partial charge in [0.15, 0.2) is 5.78 Å². The Kier molecular flexibility index (Phi) is 5.32. The summed E-state index contributed by atoms with van der Waals surface area (Å²) in [5.74, 6) is 2.66. The van der Waals surface area contributed by atoms with Crippen LogP contribution in [0.5, 0.6) is 5.75 Å². The van der Waals surface area contributed by atoms with E-state index in [4.69, 9.17) is 4.74 Å². The predicted octanol–water partition coefficient (Wildman–Crippen LogP) is 4.54. The van der Waals surface area contributed by atoms with Gasteiger partial charge in [-0.05, 0) is 43.5 Å². The smallest absolute Gasteiger partial charge is 0.164 e. The van der Waals surface area contributed by atoms with E-state index in [-0.39, 0.29) is 5.78 Å². The van der Waals surface area contributed by atoms with Crippen LogP contribution in [0, 0.1) is 6.92 Å². The second-order valence-corrected chi connectivity index (χ2v) is 8.37. The van der Waals surface area contributed by atoms with Crippen molar-refractivity contribution in [1.29, 1.82) is 0 Å². The zero-order valence-electron chi connectivity index (χ0n) is 15.2. The first kappa shape index (κ1) is 17.6. The third-order valence-electron chi connectivity index (χ3n) is 5.34. The minimum atomic E-state index is 0.214. The van der Waals surface area contributed by atoms with Crippen molar-refractivity contribution >= 4 is 17.5 Å². The molecule has 4 rings (SSSR count). The number of hydrogen-bond acceptors (Lipinski definition) is 4. The molecule has 1 fully saturated rings. The van der Waals surface area contributed by atoms with Crippen molar-refractivity contribution in [3.8, 4) is 5.75 Å². The van der Waals surface area contributed by atoms with Crippen molar-refractivity contribution in [1.82, 2.24) is 4.90 Å². The van der Waals surface area contributed by atoms with Crippen LogP contribution in [-0.2, 0) is 0 Å². The quantitative estimate of drug-likeness (QED) is 0.726. The average molecular weight is 368 g/mol. The van der Waals surface area contributed by atoms with Crippen LogP contribution in [0.2, 0.25) is 0 Å². The van der Waals surface area contributed by atoms with Crippen molar-refractivity contribution in [3.63, 3.8) is 0 Å². The Labute approximate surface area is 159 Å². The summed E-state index contributed by atoms with van der Waals surface area (Å²) in [6, 6.07) is 14.8. The zero-order chi connectivity index (χ0) is 17.9. The van der Waals surface area contributed by atoms with Gasteiger partial charge in [0.25, 0.3) is 0 Å². The van der Waals surface area contributed by atoms with Crippen molar-refractivity contribution in [2.45, 2.75) is 30.6 Å². The summed E-state index contributed by atoms with van der Waals surface area (Å²) in [5, 5.41) is 0. The Morgan fingerprint density at radius 1 is 1.23 bits per heavy atom. The molecule has 1 saturated heterocycles. The van der Waals surface area contributed by atoms with Crippen LogP contribution in [0.25, 0.3) is 0 Å². The monoisotopic (exact) mass is 367 g/mol. The molecule has 0 spiro atoms. The van der Waals surface area contributed by atoms with Crippen LogP contribution in [-0.4, -0.2) is 42.7 Å². The van der Waals surface area contributed by atoms with Crippen LogP contribution >= 0.6 is 11.8 Å². The number of rotatable bonds is 5. The third kappa shape index (κ3) is 3.97. The van der Waals surface area contributed by atoms with Gasteiger partial charge < -0.3 is 9.64 Å². The summed E-state index contributed by atoms with van der Waals surface area (Å²) >= 11 is 1.80. The largest absolute Gasteiger partial charge is 0.492 e. The number of ketones is 1. The molecule has 0 aromatic heterocycles. The van der Waals surface area contributed by atoms with Gasteiger partial charge in [0, 0.05) is 35.7 Å². The molecule has 0 bridgehead atoms. The van der Waals surface area contributed by atoms with E-state index in [1.807, 2.05) is 18.2 Å². The zero-order valence-corrected chi connectivity index (χ0v) is 16.1. The summed E-state index contributed by atoms with van der Waals surface area (Å²) in [4.78, 5) is 16.2. The lowest BCUT2D eigenvalue weighted by Gasteiger charge is -2.18. The summed E-state index contributed by atoms with van der Waals surface area (Å²) in [6.07, 6.45) is 1.76. The topological polar surface area (TPSA) is 29.5 Å². The van der Waals surface area contributed by atoms with E-state index in [1.165, 1.54) is 17.5 Å². The fraction of sp³-hybridized carbons (Fsp3) is 0.409. The van der Waals surface area contributed by atoms with Gasteiger partial charge >= 0.3 is 0 Å². The summed E-state index contributed by atoms with van der Waals surface area (Å²) in [5.41, 5.74) is 3.51. The van der Waals surface area contributed by atoms with Crippen LogP contribution in [0.3, 0.4) is 0 Å². The molecule has 0 aliphatic carbocycles. The SMILES string of the molecule is Cc1ccc(C2CCN(CCC(=O)c3ccc4c(c3)OCCS4)C2)cc1. The Bertz CT molecular complexity index is 787. The van der Waals surface area contributed by atoms with Crippen molar-refractivity contribution in [2.75, 3.05) is 32.0 Å². The second kappa shape index (κ2) is 7.85. The van der Waals surface area contributed by atoms with E-state index in [1.54, 1.807) is 11.8 Å². The molecular formula is C22H25NO2S. The van der Waals surface area contributed by atoms with Gasteiger partial charge in [-0.2, -0.15) is 0 Å². The lowest BCUT2D eigenvalue weighted by molar-refractivity contribution is 0.0968. The van der Waals surface area contributed by atoms with Gasteiger partial charge in [-0.1, -0.05) is 35.9 Å². The predicted molar refractivity (Wildman–Crippen MR) is 107 cm³/mol. The molecule has 4 heteroatoms. The first-order chi connectivity index (χ1) is 12.7. The van der Waals surface area contributed by atoms with E-state index < -0.39 is 0 Å². The summed E-state index contributed by atoms with van der Waals surface area (Å²) in [7, 11) is 0. The number of ether oxygens (including phenoxy) is 1. The lowest BCUT2D eigenvalue weighted by Crippen LogP contribution is -2.23. The molecule has 0 N–H and O–H groups in total. The van der Waals surface area contributed by atoms with Gasteiger partial charge in [-0.25, -0.2) is 0 Å². The lowest BCUT2D eigenvalue weighted by atomic mass is 9.97. The maximum Gasteiger partial charge on any atom is 0.164 e. The highest BCUT2D eigenvalue weighted by Crippen LogP contribution is 2.34. The van der Waals surface area contributed by atoms with Crippen molar-refractivity contribution in [3.05, 3.63) is 59.2 Å². The van der Waals surface area contributed by atoms with Gasteiger partial charge in [0.05, 0.1) is 6.61 Å². The van der Waals surface area contributed by atoms with Crippen LogP contribution < -0.4 is 4.74 Å². The number of carbonyl (C=O) groups is 1. The molecular weight excluding hydrogens is 342 g/mol. The van der Waals surface area contributed by atoms with Crippen molar-refractivity contribution < 1.29 is 9.53 Å². The standard InChI is InChI=1S/C22H25NO2S/c1-16-2-4-17(5-3-16)19-8-10-23(15-19)11-9-20(24)18-6-7-22-21(14-18)25-12-13-26-22/h2-7,14,19H,8-13,15H2,1H3. The molecule has 2 heterocycles. The minimum Gasteiger partial charge on any atom is -0.492 e. The first-order valence-electron chi connectivity index (χ1n) is 9.41. The molecule has 26 heavy (non-hydrogen) atoms. The minimum absolute atomic E-state index is 0.214. The highest BCUT2D eigenvalue weighted by atomic mass is 32.2. The van der Waals surface area contributed by atoms with Gasteiger partial charge in [-0.15, -0.1) is 11.8 Å². The Morgan fingerprint density at radius 3 is 2.92 bits per heavy atom. The average Bonchev–Trinajstić information content (AvgIpc) is 3.15. The van der Waals surface area contributed by atoms with E-state index in [0.29, 0.717) is 12.3 Å². The number of Topliss-reactive ketones (excluding diaryl/α,β-unsaturated/α-hetero) is 1. The summed E-state index contributed by atoms with van der Waals surface area (Å²) in [6.45, 7) is 5.83. The molecule has 1 atom stereocenters. The maximum absolute atomic E-state index is 12.6. The highest BCUT2D eigenvalue weighted by Gasteiger charge is 2.24. The number of benzene rings is 2. The number of aryl methyl sites for hydroxylation is 1. The molecule has 0 radical (unpaired) electrons. The van der Waals surface area contributed by atoms with Crippen molar-refractivity contribution in [2.24, 2.45) is 0 Å². The van der Waals surface area contributed by atoms with E-state index in [2.05, 4.69) is 36.1 Å². The maximum atomic E-state index is 12.6. The molecule has 0 amide bonds. The molecule has 2 aromatic carbocycles. The number of nitrogens with zero attached hydrogens (tertiary/aromatic N) is 1. The van der Waals surface area contributed by atoms with Gasteiger partial charge in [0.1, 0.15) is 5.75 Å². The normalized spacial score (nSPS) is 19.8. The van der Waals surface area contributed by atoms with Gasteiger partial charge in [0.2, 0.25) is 0 Å². The highest BCUT2D eigenvalue weighted by molar-refractivity contribution is 7.99. The number of fused-ring (bicyclic) bond motifs is 1. The molecule has 1 unspecified atom stereocenters. The Morgan fingerprint density at radius 2 is 2.08 bits per heavy atom. The fourth-order valence-electron chi connectivity index (χ4n) is 3.77. The summed E-state index contributed by atoms with van der Waals surface area (Å²) < 4.78 is 5.68. The molecule has 3 nitrogen and oxygen atoms in total. The molecule has 136 valence electrons. The van der Waals surface area contributed by atoms with Crippen LogP contribution in [0.4, 0.5) is 0 Å². The Hall–Kier alpha value is -1.78.